The van der Waals surface area contributed by atoms with Gasteiger partial charge in [-0.15, -0.1) is 0 Å². The van der Waals surface area contributed by atoms with E-state index in [0.717, 1.165) is 12.1 Å². The van der Waals surface area contributed by atoms with E-state index in [1.165, 1.54) is 33.7 Å². The first-order valence-electron chi connectivity index (χ1n) is 7.60. The van der Waals surface area contributed by atoms with Crippen LogP contribution in [0.4, 0.5) is 23.7 Å². The summed E-state index contributed by atoms with van der Waals surface area (Å²) in [6.07, 6.45) is -4.44. The van der Waals surface area contributed by atoms with Crippen molar-refractivity contribution in [3.8, 4) is 0 Å². The molecule has 0 spiro atoms. The fraction of sp³-hybridized carbons (Fsp3) is 0.500. The average Bonchev–Trinajstić information content (AvgIpc) is 2.45. The number of alkyl halides is 3. The van der Waals surface area contributed by atoms with Crippen LogP contribution in [0.5, 0.6) is 0 Å². The number of carbonyl (C=O) groups is 1. The summed E-state index contributed by atoms with van der Waals surface area (Å²) in [5.74, 6) is 0.231. The highest BCUT2D eigenvalue weighted by Gasteiger charge is 2.36. The molecule has 0 bridgehead atoms. The normalized spacial score (nSPS) is 18.2. The lowest BCUT2D eigenvalue weighted by molar-refractivity contribution is -0.137. The first-order chi connectivity index (χ1) is 11.1. The van der Waals surface area contributed by atoms with E-state index in [2.05, 4.69) is 4.99 Å². The third-order valence-electron chi connectivity index (χ3n) is 3.34. The highest BCUT2D eigenvalue weighted by atomic mass is 32.2. The molecule has 0 atom stereocenters. The molecule has 0 unspecified atom stereocenters. The molecule has 1 saturated heterocycles. The first kappa shape index (κ1) is 18.6. The average molecular weight is 359 g/mol. The molecule has 4 nitrogen and oxygen atoms in total. The van der Waals surface area contributed by atoms with Crippen molar-refractivity contribution in [1.29, 1.82) is 0 Å². The molecule has 8 heteroatoms. The maximum Gasteiger partial charge on any atom is 0.416 e. The minimum atomic E-state index is -4.44. The maximum absolute atomic E-state index is 12.9. The van der Waals surface area contributed by atoms with Crippen molar-refractivity contribution in [3.05, 3.63) is 29.8 Å². The van der Waals surface area contributed by atoms with E-state index in [1.54, 1.807) is 0 Å². The van der Waals surface area contributed by atoms with Gasteiger partial charge >= 0.3 is 12.2 Å². The van der Waals surface area contributed by atoms with Crippen LogP contribution in [0.25, 0.3) is 0 Å². The van der Waals surface area contributed by atoms with Gasteiger partial charge in [-0.25, -0.2) is 4.79 Å². The number of hydrogen-bond donors (Lipinski definition) is 0. The number of halogens is 3. The fourth-order valence-corrected chi connectivity index (χ4v) is 3.47. The highest BCUT2D eigenvalue weighted by molar-refractivity contribution is 8.14. The molecule has 0 radical (unpaired) electrons. The number of benzene rings is 1. The van der Waals surface area contributed by atoms with Gasteiger partial charge in [-0.3, -0.25) is 14.8 Å². The Balaban J connectivity index is 2.36. The number of urea groups is 1. The summed E-state index contributed by atoms with van der Waals surface area (Å²) in [5, 5.41) is 0.605. The Labute approximate surface area is 143 Å². The van der Waals surface area contributed by atoms with Crippen molar-refractivity contribution in [1.82, 2.24) is 4.90 Å². The first-order valence-corrected chi connectivity index (χ1v) is 8.58. The summed E-state index contributed by atoms with van der Waals surface area (Å²) in [7, 11) is 0. The molecule has 1 heterocycles. The number of rotatable bonds is 3. The number of carbonyl (C=O) groups excluding carboxylic acids is 1. The topological polar surface area (TPSA) is 35.9 Å². The summed E-state index contributed by atoms with van der Waals surface area (Å²) in [5.41, 5.74) is -0.535. The molecule has 1 aromatic carbocycles. The van der Waals surface area contributed by atoms with Gasteiger partial charge in [0.15, 0.2) is 5.17 Å². The predicted octanol–water partition coefficient (Wildman–Crippen LogP) is 4.81. The SMILES string of the molecule is CC(C)/N=C1\SCN(c2cccc(C(F)(F)F)c2)C(=O)N1C(C)C. The number of nitrogens with zero attached hydrogens (tertiary/aromatic N) is 3. The van der Waals surface area contributed by atoms with Gasteiger partial charge in [0.1, 0.15) is 0 Å². The van der Waals surface area contributed by atoms with Crippen LogP contribution in [0.2, 0.25) is 0 Å². The monoisotopic (exact) mass is 359 g/mol. The molecule has 2 amide bonds. The molecule has 2 rings (SSSR count). The van der Waals surface area contributed by atoms with Gasteiger partial charge in [0.05, 0.1) is 11.4 Å². The van der Waals surface area contributed by atoms with Crippen molar-refractivity contribution < 1.29 is 18.0 Å². The Morgan fingerprint density at radius 2 is 1.88 bits per heavy atom. The summed E-state index contributed by atoms with van der Waals surface area (Å²) >= 11 is 1.35. The van der Waals surface area contributed by atoms with E-state index in [1.807, 2.05) is 27.7 Å². The quantitative estimate of drug-likeness (QED) is 0.776. The van der Waals surface area contributed by atoms with Gasteiger partial charge in [-0.05, 0) is 45.9 Å². The molecular formula is C16H20F3N3OS. The highest BCUT2D eigenvalue weighted by Crippen LogP contribution is 2.34. The van der Waals surface area contributed by atoms with E-state index < -0.39 is 11.7 Å². The van der Waals surface area contributed by atoms with Crippen molar-refractivity contribution >= 4 is 28.6 Å². The molecule has 24 heavy (non-hydrogen) atoms. The Bertz CT molecular complexity index is 644. The number of hydrogen-bond acceptors (Lipinski definition) is 3. The molecule has 132 valence electrons. The number of anilines is 1. The lowest BCUT2D eigenvalue weighted by Crippen LogP contribution is -2.53. The Hall–Kier alpha value is -1.70. The minimum absolute atomic E-state index is 0.0293. The zero-order valence-corrected chi connectivity index (χ0v) is 14.8. The standard InChI is InChI=1S/C16H20F3N3OS/c1-10(2)20-14-22(11(3)4)15(23)21(9-24-14)13-7-5-6-12(8-13)16(17,18)19/h5-8,10-11H,9H2,1-4H3/b20-14-. The molecular weight excluding hydrogens is 339 g/mol. The zero-order valence-electron chi connectivity index (χ0n) is 14.0. The van der Waals surface area contributed by atoms with E-state index in [0.29, 0.717) is 5.17 Å². The van der Waals surface area contributed by atoms with E-state index in [4.69, 9.17) is 0 Å². The number of aliphatic imine (C=N–C) groups is 1. The van der Waals surface area contributed by atoms with Crippen LogP contribution in [-0.2, 0) is 6.18 Å². The van der Waals surface area contributed by atoms with Crippen LogP contribution in [0.1, 0.15) is 33.3 Å². The summed E-state index contributed by atoms with van der Waals surface area (Å²) in [4.78, 5) is 20.1. The van der Waals surface area contributed by atoms with Gasteiger partial charge < -0.3 is 0 Å². The summed E-state index contributed by atoms with van der Waals surface area (Å²) in [6, 6.07) is 4.35. The molecule has 1 aromatic rings. The van der Waals surface area contributed by atoms with Crippen molar-refractivity contribution in [3.63, 3.8) is 0 Å². The van der Waals surface area contributed by atoms with Gasteiger partial charge in [0.2, 0.25) is 0 Å². The molecule has 1 aliphatic heterocycles. The molecule has 0 N–H and O–H groups in total. The Morgan fingerprint density at radius 3 is 2.42 bits per heavy atom. The van der Waals surface area contributed by atoms with Crippen LogP contribution in [0.15, 0.2) is 29.3 Å². The zero-order chi connectivity index (χ0) is 18.1. The maximum atomic E-state index is 12.9. The third kappa shape index (κ3) is 4.03. The van der Waals surface area contributed by atoms with Crippen LogP contribution in [-0.4, -0.2) is 34.1 Å². The molecule has 0 saturated carbocycles. The lowest BCUT2D eigenvalue weighted by atomic mass is 10.2. The van der Waals surface area contributed by atoms with Crippen LogP contribution in [0.3, 0.4) is 0 Å². The number of thioether (sulfide) groups is 1. The molecule has 0 aliphatic carbocycles. The van der Waals surface area contributed by atoms with Gasteiger partial charge in [0, 0.05) is 17.8 Å². The van der Waals surface area contributed by atoms with Crippen molar-refractivity contribution in [2.45, 2.75) is 46.0 Å². The van der Waals surface area contributed by atoms with Crippen LogP contribution >= 0.6 is 11.8 Å². The molecule has 0 aromatic heterocycles. The second kappa shape index (κ2) is 7.04. The summed E-state index contributed by atoms with van der Waals surface area (Å²) in [6.45, 7) is 7.53. The van der Waals surface area contributed by atoms with Crippen LogP contribution in [0, 0.1) is 0 Å². The van der Waals surface area contributed by atoms with Gasteiger partial charge in [-0.1, -0.05) is 17.8 Å². The van der Waals surface area contributed by atoms with Crippen LogP contribution < -0.4 is 4.90 Å². The minimum Gasteiger partial charge on any atom is -0.284 e. The second-order valence-electron chi connectivity index (χ2n) is 6.00. The second-order valence-corrected chi connectivity index (χ2v) is 6.91. The predicted molar refractivity (Wildman–Crippen MR) is 91.3 cm³/mol. The third-order valence-corrected chi connectivity index (χ3v) is 4.28. The smallest absolute Gasteiger partial charge is 0.284 e. The van der Waals surface area contributed by atoms with E-state index >= 15 is 0 Å². The Morgan fingerprint density at radius 1 is 1.21 bits per heavy atom. The number of amides is 2. The fourth-order valence-electron chi connectivity index (χ4n) is 2.26. The number of amidine groups is 1. The van der Waals surface area contributed by atoms with Gasteiger partial charge in [0.25, 0.3) is 0 Å². The van der Waals surface area contributed by atoms with E-state index in [9.17, 15) is 18.0 Å². The summed E-state index contributed by atoms with van der Waals surface area (Å²) < 4.78 is 38.7. The van der Waals surface area contributed by atoms with Crippen molar-refractivity contribution in [2.24, 2.45) is 4.99 Å². The molecule has 1 fully saturated rings. The largest absolute Gasteiger partial charge is 0.416 e. The van der Waals surface area contributed by atoms with E-state index in [-0.39, 0.29) is 29.7 Å². The van der Waals surface area contributed by atoms with Gasteiger partial charge in [-0.2, -0.15) is 13.2 Å². The lowest BCUT2D eigenvalue weighted by Gasteiger charge is -2.38. The van der Waals surface area contributed by atoms with Crippen molar-refractivity contribution in [2.75, 3.05) is 10.8 Å². The molecule has 1 aliphatic rings. The Kier molecular flexibility index (Phi) is 5.47.